The Balaban J connectivity index is 1.43. The number of nitrogens with one attached hydrogen (secondary N) is 1. The first kappa shape index (κ1) is 27.0. The van der Waals surface area contributed by atoms with Crippen molar-refractivity contribution >= 4 is 23.8 Å². The van der Waals surface area contributed by atoms with Gasteiger partial charge in [0.25, 0.3) is 0 Å². The lowest BCUT2D eigenvalue weighted by Crippen LogP contribution is -2.55. The summed E-state index contributed by atoms with van der Waals surface area (Å²) in [6.07, 6.45) is 1.98. The van der Waals surface area contributed by atoms with E-state index in [0.29, 0.717) is 5.56 Å². The van der Waals surface area contributed by atoms with E-state index in [1.54, 1.807) is 43.5 Å². The van der Waals surface area contributed by atoms with E-state index in [1.165, 1.54) is 6.07 Å². The average Bonchev–Trinajstić information content (AvgIpc) is 3.46. The molecule has 2 fully saturated rings. The Hall–Kier alpha value is -3.05. The summed E-state index contributed by atoms with van der Waals surface area (Å²) in [4.78, 5) is 28.8. The van der Waals surface area contributed by atoms with Crippen molar-refractivity contribution in [2.75, 3.05) is 5.75 Å². The number of benzene rings is 2. The van der Waals surface area contributed by atoms with Gasteiger partial charge in [-0.05, 0) is 86.6 Å². The smallest absolute Gasteiger partial charge is 0.411 e. The fourth-order valence-electron chi connectivity index (χ4n) is 5.31. The first-order valence-corrected chi connectivity index (χ1v) is 13.8. The Kier molecular flexibility index (Phi) is 8.13. The monoisotopic (exact) mass is 523 g/mol. The third-order valence-electron chi connectivity index (χ3n) is 6.91. The zero-order valence-corrected chi connectivity index (χ0v) is 22.6. The molecular formula is C29H34FN3O3S. The quantitative estimate of drug-likeness (QED) is 0.454. The second kappa shape index (κ2) is 11.1. The predicted octanol–water partition coefficient (Wildman–Crippen LogP) is 5.94. The van der Waals surface area contributed by atoms with Gasteiger partial charge in [-0.15, -0.1) is 11.8 Å². The molecule has 1 aliphatic heterocycles. The molecule has 2 aromatic rings. The van der Waals surface area contributed by atoms with Crippen LogP contribution in [0.4, 0.5) is 9.18 Å². The minimum absolute atomic E-state index is 0.0317. The van der Waals surface area contributed by atoms with Gasteiger partial charge in [-0.1, -0.05) is 31.2 Å². The van der Waals surface area contributed by atoms with Crippen molar-refractivity contribution in [3.05, 3.63) is 53.8 Å². The highest BCUT2D eigenvalue weighted by Crippen LogP contribution is 2.43. The number of fused-ring (bicyclic) bond motifs is 2. The van der Waals surface area contributed by atoms with Crippen molar-refractivity contribution in [2.24, 2.45) is 5.92 Å². The number of nitrogens with zero attached hydrogens (tertiary/aromatic N) is 2. The van der Waals surface area contributed by atoms with Gasteiger partial charge in [-0.25, -0.2) is 9.18 Å². The Labute approximate surface area is 222 Å². The Morgan fingerprint density at radius 3 is 2.51 bits per heavy atom. The molecule has 0 spiro atoms. The number of halogens is 1. The fraction of sp³-hybridized carbons (Fsp3) is 0.483. The number of piperidine rings is 1. The number of thioether (sulfide) groups is 1. The summed E-state index contributed by atoms with van der Waals surface area (Å²) in [5.41, 5.74) is 1.34. The maximum absolute atomic E-state index is 15.0. The number of hydrogen-bond acceptors (Lipinski definition) is 5. The lowest BCUT2D eigenvalue weighted by atomic mass is 9.97. The molecule has 2 aromatic carbocycles. The molecule has 6 nitrogen and oxygen atoms in total. The molecule has 0 aromatic heterocycles. The van der Waals surface area contributed by atoms with E-state index >= 15 is 4.39 Å². The number of carbonyl (C=O) groups is 2. The molecule has 196 valence electrons. The number of likely N-dealkylation sites (tertiary alicyclic amines) is 1. The van der Waals surface area contributed by atoms with Gasteiger partial charge in [0.2, 0.25) is 5.91 Å². The van der Waals surface area contributed by atoms with Crippen LogP contribution < -0.4 is 5.32 Å². The van der Waals surface area contributed by atoms with Gasteiger partial charge in [0.1, 0.15) is 23.5 Å². The number of nitriles is 1. The van der Waals surface area contributed by atoms with Crippen molar-refractivity contribution in [1.82, 2.24) is 10.2 Å². The van der Waals surface area contributed by atoms with E-state index in [1.807, 2.05) is 30.3 Å². The van der Waals surface area contributed by atoms with Gasteiger partial charge in [0.05, 0.1) is 6.07 Å². The van der Waals surface area contributed by atoms with E-state index in [2.05, 4.69) is 18.3 Å². The topological polar surface area (TPSA) is 82.4 Å². The summed E-state index contributed by atoms with van der Waals surface area (Å²) in [5, 5.41) is 12.5. The summed E-state index contributed by atoms with van der Waals surface area (Å²) >= 11 is 1.75. The van der Waals surface area contributed by atoms with Crippen molar-refractivity contribution in [2.45, 2.75) is 82.0 Å². The van der Waals surface area contributed by atoms with Crippen LogP contribution in [0.3, 0.4) is 0 Å². The maximum Gasteiger partial charge on any atom is 0.411 e. The molecule has 2 amide bonds. The molecule has 37 heavy (non-hydrogen) atoms. The standard InChI is InChI=1S/C29H34FN3O3S/c1-5-37-24-12-9-18(10-13-24)19-6-7-20(25(30)16-19)14-22(17-31)32-27(34)26-21-8-11-23(15-21)33(26)28(35)36-29(2,3)4/h6-7,9-10,12-13,16,21-23,26H,5,8,11,14-15H2,1-4H3,(H,32,34)/t21?,22?,23-,26+/m1/s1. The summed E-state index contributed by atoms with van der Waals surface area (Å²) in [6, 6.07) is 13.4. The second-order valence-electron chi connectivity index (χ2n) is 10.7. The van der Waals surface area contributed by atoms with Crippen molar-refractivity contribution in [3.63, 3.8) is 0 Å². The number of rotatable bonds is 7. The van der Waals surface area contributed by atoms with E-state index in [0.717, 1.165) is 41.0 Å². The number of carbonyl (C=O) groups excluding carboxylic acids is 2. The minimum atomic E-state index is -0.919. The van der Waals surface area contributed by atoms with Crippen LogP contribution in [0.15, 0.2) is 47.4 Å². The van der Waals surface area contributed by atoms with Crippen LogP contribution in [0.5, 0.6) is 0 Å². The molecule has 1 saturated carbocycles. The molecular weight excluding hydrogens is 489 g/mol. The summed E-state index contributed by atoms with van der Waals surface area (Å²) in [7, 11) is 0. The van der Waals surface area contributed by atoms with Crippen LogP contribution in [-0.4, -0.2) is 46.4 Å². The van der Waals surface area contributed by atoms with Crippen LogP contribution >= 0.6 is 11.8 Å². The van der Waals surface area contributed by atoms with Crippen LogP contribution in [-0.2, 0) is 16.0 Å². The van der Waals surface area contributed by atoms with E-state index in [9.17, 15) is 14.9 Å². The van der Waals surface area contributed by atoms with Gasteiger partial charge >= 0.3 is 6.09 Å². The lowest BCUT2D eigenvalue weighted by Gasteiger charge is -2.35. The molecule has 8 heteroatoms. The minimum Gasteiger partial charge on any atom is -0.444 e. The highest BCUT2D eigenvalue weighted by molar-refractivity contribution is 7.99. The van der Waals surface area contributed by atoms with E-state index in [-0.39, 0.29) is 24.3 Å². The number of amides is 2. The van der Waals surface area contributed by atoms with Crippen LogP contribution in [0.2, 0.25) is 0 Å². The lowest BCUT2D eigenvalue weighted by molar-refractivity contribution is -0.128. The SMILES string of the molecule is CCSc1ccc(-c2ccc(CC(C#N)NC(=O)[C@@H]3C4CC[C@H](C4)N3C(=O)OC(C)(C)C)c(F)c2)cc1. The Morgan fingerprint density at radius 1 is 1.19 bits per heavy atom. The second-order valence-corrected chi connectivity index (χ2v) is 12.1. The van der Waals surface area contributed by atoms with Crippen LogP contribution in [0, 0.1) is 23.1 Å². The summed E-state index contributed by atoms with van der Waals surface area (Å²) < 4.78 is 20.6. The van der Waals surface area contributed by atoms with Gasteiger partial charge < -0.3 is 10.1 Å². The van der Waals surface area contributed by atoms with Crippen molar-refractivity contribution in [3.8, 4) is 17.2 Å². The molecule has 1 heterocycles. The van der Waals surface area contributed by atoms with Crippen molar-refractivity contribution in [1.29, 1.82) is 5.26 Å². The molecule has 2 bridgehead atoms. The average molecular weight is 524 g/mol. The number of ether oxygens (including phenoxy) is 1. The van der Waals surface area contributed by atoms with Crippen molar-refractivity contribution < 1.29 is 18.7 Å². The highest BCUT2D eigenvalue weighted by Gasteiger charge is 2.52. The van der Waals surface area contributed by atoms with E-state index < -0.39 is 29.6 Å². The summed E-state index contributed by atoms with van der Waals surface area (Å²) in [6.45, 7) is 7.47. The molecule has 1 aliphatic carbocycles. The Bertz CT molecular complexity index is 1190. The molecule has 0 radical (unpaired) electrons. The molecule has 4 rings (SSSR count). The molecule has 1 saturated heterocycles. The van der Waals surface area contributed by atoms with Crippen LogP contribution in [0.25, 0.3) is 11.1 Å². The first-order valence-electron chi connectivity index (χ1n) is 12.8. The van der Waals surface area contributed by atoms with Crippen LogP contribution in [0.1, 0.15) is 52.5 Å². The van der Waals surface area contributed by atoms with Gasteiger partial charge in [0, 0.05) is 17.4 Å². The molecule has 2 aliphatic rings. The summed E-state index contributed by atoms with van der Waals surface area (Å²) in [5.74, 6) is 0.219. The predicted molar refractivity (Wildman–Crippen MR) is 142 cm³/mol. The third-order valence-corrected chi connectivity index (χ3v) is 7.80. The third kappa shape index (κ3) is 6.27. The molecule has 4 atom stereocenters. The Morgan fingerprint density at radius 2 is 1.89 bits per heavy atom. The normalized spacial score (nSPS) is 21.4. The largest absolute Gasteiger partial charge is 0.444 e. The molecule has 1 N–H and O–H groups in total. The zero-order valence-electron chi connectivity index (χ0n) is 21.8. The van der Waals surface area contributed by atoms with Gasteiger partial charge in [-0.2, -0.15) is 5.26 Å². The van der Waals surface area contributed by atoms with Gasteiger partial charge in [0.15, 0.2) is 0 Å². The fourth-order valence-corrected chi connectivity index (χ4v) is 5.97. The zero-order chi connectivity index (χ0) is 26.7. The molecule has 2 unspecified atom stereocenters. The highest BCUT2D eigenvalue weighted by atomic mass is 32.2. The van der Waals surface area contributed by atoms with Gasteiger partial charge in [-0.3, -0.25) is 9.69 Å². The first-order chi connectivity index (χ1) is 17.6. The van der Waals surface area contributed by atoms with E-state index in [4.69, 9.17) is 4.74 Å². The maximum atomic E-state index is 15.0. The number of hydrogen-bond donors (Lipinski definition) is 1.